The summed E-state index contributed by atoms with van der Waals surface area (Å²) in [6.07, 6.45) is 1.07. The van der Waals surface area contributed by atoms with Crippen molar-refractivity contribution >= 4 is 17.3 Å². The van der Waals surface area contributed by atoms with E-state index in [-0.39, 0.29) is 12.5 Å². The van der Waals surface area contributed by atoms with Gasteiger partial charge in [0, 0.05) is 30.9 Å². The highest BCUT2D eigenvalue weighted by Gasteiger charge is 2.11. The van der Waals surface area contributed by atoms with Gasteiger partial charge in [-0.25, -0.2) is 0 Å². The maximum Gasteiger partial charge on any atom is 0.191 e. The van der Waals surface area contributed by atoms with Gasteiger partial charge < -0.3 is 15.7 Å². The molecule has 2 unspecified atom stereocenters. The average molecular weight is 346 g/mol. The molecule has 0 spiro atoms. The number of aliphatic imine (C=N–C) groups is 1. The smallest absolute Gasteiger partial charge is 0.191 e. The maximum absolute atomic E-state index is 9.63. The van der Waals surface area contributed by atoms with Gasteiger partial charge in [0.05, 0.1) is 6.61 Å². The zero-order chi connectivity index (χ0) is 17.2. The second kappa shape index (κ2) is 10.1. The van der Waals surface area contributed by atoms with Crippen LogP contribution in [0.25, 0.3) is 0 Å². The van der Waals surface area contributed by atoms with E-state index >= 15 is 0 Å². The summed E-state index contributed by atoms with van der Waals surface area (Å²) in [5.41, 5.74) is 1.13. The third-order valence-electron chi connectivity index (χ3n) is 3.98. The minimum absolute atomic E-state index is 0.0632. The van der Waals surface area contributed by atoms with Gasteiger partial charge in [0.2, 0.25) is 0 Å². The number of aliphatic hydroxyl groups is 1. The number of rotatable bonds is 8. The normalized spacial score (nSPS) is 14.2. The van der Waals surface area contributed by atoms with Gasteiger partial charge >= 0.3 is 0 Å². The van der Waals surface area contributed by atoms with E-state index < -0.39 is 0 Å². The van der Waals surface area contributed by atoms with Crippen molar-refractivity contribution in [2.45, 2.75) is 19.3 Å². The summed E-state index contributed by atoms with van der Waals surface area (Å²) in [4.78, 5) is 5.69. The topological polar surface area (TPSA) is 56.7 Å². The van der Waals surface area contributed by atoms with Crippen LogP contribution in [-0.2, 0) is 6.42 Å². The first kappa shape index (κ1) is 18.5. The number of benzene rings is 1. The van der Waals surface area contributed by atoms with Gasteiger partial charge in [-0.15, -0.1) is 11.3 Å². The number of aliphatic hydroxyl groups excluding tert-OH is 1. The highest BCUT2D eigenvalue weighted by atomic mass is 32.1. The molecule has 0 aliphatic heterocycles. The number of thiophene rings is 1. The van der Waals surface area contributed by atoms with E-state index in [0.717, 1.165) is 24.5 Å². The van der Waals surface area contributed by atoms with E-state index in [1.54, 1.807) is 18.4 Å². The molecule has 2 rings (SSSR count). The molecule has 0 saturated carbocycles. The summed E-state index contributed by atoms with van der Waals surface area (Å²) in [5.74, 6) is 1.38. The lowest BCUT2D eigenvalue weighted by molar-refractivity contribution is 0.265. The van der Waals surface area contributed by atoms with Crippen LogP contribution in [0.2, 0.25) is 0 Å². The Morgan fingerprint density at radius 2 is 1.88 bits per heavy atom. The SMILES string of the molecule is CN=C(NCC(C)Cc1cccs1)NCC(CO)c1ccccc1. The van der Waals surface area contributed by atoms with E-state index in [0.29, 0.717) is 12.5 Å². The van der Waals surface area contributed by atoms with Crippen LogP contribution in [0, 0.1) is 5.92 Å². The number of hydrogen-bond donors (Lipinski definition) is 3. The van der Waals surface area contributed by atoms with Gasteiger partial charge in [0.1, 0.15) is 0 Å². The van der Waals surface area contributed by atoms with E-state index in [2.05, 4.69) is 40.1 Å². The molecule has 0 saturated heterocycles. The third-order valence-corrected chi connectivity index (χ3v) is 4.88. The fraction of sp³-hybridized carbons (Fsp3) is 0.421. The molecule has 24 heavy (non-hydrogen) atoms. The van der Waals surface area contributed by atoms with Crippen molar-refractivity contribution in [1.82, 2.24) is 10.6 Å². The Morgan fingerprint density at radius 3 is 2.50 bits per heavy atom. The summed E-state index contributed by atoms with van der Waals surface area (Å²) in [6, 6.07) is 14.3. The minimum Gasteiger partial charge on any atom is -0.396 e. The van der Waals surface area contributed by atoms with Crippen LogP contribution >= 0.6 is 11.3 Å². The van der Waals surface area contributed by atoms with Gasteiger partial charge in [0.15, 0.2) is 5.96 Å². The lowest BCUT2D eigenvalue weighted by atomic mass is 10.0. The number of nitrogens with zero attached hydrogens (tertiary/aromatic N) is 1. The van der Waals surface area contributed by atoms with Crippen LogP contribution in [0.5, 0.6) is 0 Å². The number of hydrogen-bond acceptors (Lipinski definition) is 3. The fourth-order valence-electron chi connectivity index (χ4n) is 2.57. The quantitative estimate of drug-likeness (QED) is 0.509. The highest BCUT2D eigenvalue weighted by Crippen LogP contribution is 2.14. The first-order valence-corrected chi connectivity index (χ1v) is 9.23. The van der Waals surface area contributed by atoms with Gasteiger partial charge in [-0.1, -0.05) is 43.3 Å². The first-order valence-electron chi connectivity index (χ1n) is 8.35. The number of guanidine groups is 1. The van der Waals surface area contributed by atoms with E-state index in [1.807, 2.05) is 30.3 Å². The Morgan fingerprint density at radius 1 is 1.12 bits per heavy atom. The molecule has 0 aliphatic rings. The Hall–Kier alpha value is -1.85. The maximum atomic E-state index is 9.63. The first-order chi connectivity index (χ1) is 11.7. The zero-order valence-electron chi connectivity index (χ0n) is 14.4. The van der Waals surface area contributed by atoms with Gasteiger partial charge in [0.25, 0.3) is 0 Å². The molecule has 0 amide bonds. The summed E-state index contributed by atoms with van der Waals surface area (Å²) in [6.45, 7) is 3.87. The molecule has 130 valence electrons. The van der Waals surface area contributed by atoms with Gasteiger partial charge in [-0.3, -0.25) is 4.99 Å². The Kier molecular flexibility index (Phi) is 7.79. The fourth-order valence-corrected chi connectivity index (χ4v) is 3.44. The lowest BCUT2D eigenvalue weighted by Gasteiger charge is -2.19. The molecule has 0 bridgehead atoms. The largest absolute Gasteiger partial charge is 0.396 e. The van der Waals surface area contributed by atoms with Crippen molar-refractivity contribution in [2.24, 2.45) is 10.9 Å². The van der Waals surface area contributed by atoms with Crippen LogP contribution in [0.3, 0.4) is 0 Å². The zero-order valence-corrected chi connectivity index (χ0v) is 15.2. The second-order valence-electron chi connectivity index (χ2n) is 6.01. The van der Waals surface area contributed by atoms with Crippen LogP contribution in [0.1, 0.15) is 23.3 Å². The molecule has 0 radical (unpaired) electrons. The van der Waals surface area contributed by atoms with E-state index in [1.165, 1.54) is 4.88 Å². The van der Waals surface area contributed by atoms with Crippen LogP contribution in [0.4, 0.5) is 0 Å². The predicted octanol–water partition coefficient (Wildman–Crippen LogP) is 2.87. The van der Waals surface area contributed by atoms with Gasteiger partial charge in [-0.05, 0) is 29.3 Å². The molecule has 0 fully saturated rings. The molecule has 4 nitrogen and oxygen atoms in total. The van der Waals surface area contributed by atoms with Crippen molar-refractivity contribution in [2.75, 3.05) is 26.7 Å². The molecule has 2 aromatic rings. The summed E-state index contributed by atoms with van der Waals surface area (Å²) >= 11 is 1.80. The lowest BCUT2D eigenvalue weighted by Crippen LogP contribution is -2.41. The molecule has 1 aromatic carbocycles. The molecule has 3 N–H and O–H groups in total. The molecule has 1 heterocycles. The molecular formula is C19H27N3OS. The van der Waals surface area contributed by atoms with Crippen molar-refractivity contribution in [3.8, 4) is 0 Å². The van der Waals surface area contributed by atoms with Gasteiger partial charge in [-0.2, -0.15) is 0 Å². The van der Waals surface area contributed by atoms with E-state index in [9.17, 15) is 5.11 Å². The Balaban J connectivity index is 1.77. The highest BCUT2D eigenvalue weighted by molar-refractivity contribution is 7.09. The molecule has 5 heteroatoms. The summed E-state index contributed by atoms with van der Waals surface area (Å²) in [7, 11) is 1.77. The predicted molar refractivity (Wildman–Crippen MR) is 103 cm³/mol. The van der Waals surface area contributed by atoms with Crippen molar-refractivity contribution < 1.29 is 5.11 Å². The molecule has 2 atom stereocenters. The third kappa shape index (κ3) is 5.98. The van der Waals surface area contributed by atoms with Crippen LogP contribution in [0.15, 0.2) is 52.8 Å². The molecule has 1 aromatic heterocycles. The van der Waals surface area contributed by atoms with Crippen molar-refractivity contribution in [1.29, 1.82) is 0 Å². The molecular weight excluding hydrogens is 318 g/mol. The number of nitrogens with one attached hydrogen (secondary N) is 2. The molecule has 0 aliphatic carbocycles. The van der Waals surface area contributed by atoms with Crippen molar-refractivity contribution in [3.63, 3.8) is 0 Å². The van der Waals surface area contributed by atoms with Crippen LogP contribution < -0.4 is 10.6 Å². The minimum atomic E-state index is 0.0632. The van der Waals surface area contributed by atoms with Crippen molar-refractivity contribution in [3.05, 3.63) is 58.3 Å². The van der Waals surface area contributed by atoms with E-state index in [4.69, 9.17) is 0 Å². The summed E-state index contributed by atoms with van der Waals surface area (Å²) in [5, 5.41) is 18.4. The average Bonchev–Trinajstić information content (AvgIpc) is 3.12. The standard InChI is InChI=1S/C19H27N3OS/c1-15(11-18-9-6-10-24-18)12-21-19(20-2)22-13-17(14-23)16-7-4-3-5-8-16/h3-10,15,17,23H,11-14H2,1-2H3,(H2,20,21,22). The Bertz CT molecular complexity index is 598. The second-order valence-corrected chi connectivity index (χ2v) is 7.05. The van der Waals surface area contributed by atoms with Crippen LogP contribution in [-0.4, -0.2) is 37.8 Å². The monoisotopic (exact) mass is 345 g/mol. The Labute approximate surface area is 148 Å². The summed E-state index contributed by atoms with van der Waals surface area (Å²) < 4.78 is 0.